The number of nitrogens with zero attached hydrogens (tertiary/aromatic N) is 2. The van der Waals surface area contributed by atoms with Crippen LogP contribution in [0.1, 0.15) is 39.9 Å². The van der Waals surface area contributed by atoms with Crippen molar-refractivity contribution in [2.24, 2.45) is 0 Å². The zero-order chi connectivity index (χ0) is 16.9. The Bertz CT molecular complexity index is 737. The van der Waals surface area contributed by atoms with Gasteiger partial charge in [-0.05, 0) is 62.1 Å². The Morgan fingerprint density at radius 1 is 1.33 bits per heavy atom. The fraction of sp³-hybridized carbons (Fsp3) is 0.368. The monoisotopic (exact) mass is 340 g/mol. The second-order valence-corrected chi connectivity index (χ2v) is 6.84. The van der Waals surface area contributed by atoms with Crippen molar-refractivity contribution in [1.29, 1.82) is 5.26 Å². The predicted octanol–water partition coefficient (Wildman–Crippen LogP) is 4.20. The van der Waals surface area contributed by atoms with Gasteiger partial charge in [0.25, 0.3) is 5.91 Å². The molecule has 1 heterocycles. The van der Waals surface area contributed by atoms with Gasteiger partial charge in [0.05, 0.1) is 24.0 Å². The van der Waals surface area contributed by atoms with E-state index in [0.29, 0.717) is 19.6 Å². The highest BCUT2D eigenvalue weighted by Crippen LogP contribution is 2.32. The van der Waals surface area contributed by atoms with Crippen molar-refractivity contribution in [1.82, 2.24) is 0 Å². The van der Waals surface area contributed by atoms with Crippen LogP contribution >= 0.6 is 11.3 Å². The maximum absolute atomic E-state index is 13.0. The average Bonchev–Trinajstić information content (AvgIpc) is 3.18. The summed E-state index contributed by atoms with van der Waals surface area (Å²) in [5.74, 6) is 0.762. The van der Waals surface area contributed by atoms with Crippen LogP contribution in [0.2, 0.25) is 0 Å². The maximum Gasteiger partial charge on any atom is 0.268 e. The van der Waals surface area contributed by atoms with Gasteiger partial charge >= 0.3 is 0 Å². The number of nitriles is 1. The number of amides is 1. The molecule has 1 aliphatic carbocycles. The number of carbonyl (C=O) groups is 1. The molecular weight excluding hydrogens is 320 g/mol. The SMILES string of the molecule is CCOc1ccc(N(CCC#N)C(=O)c2cc3c(s2)CCC3)cc1. The lowest BCUT2D eigenvalue weighted by Crippen LogP contribution is -2.31. The third-order valence-corrected chi connectivity index (χ3v) is 5.33. The molecule has 124 valence electrons. The van der Waals surface area contributed by atoms with Crippen molar-refractivity contribution in [2.45, 2.75) is 32.6 Å². The molecule has 2 aromatic rings. The molecule has 1 aromatic heterocycles. The van der Waals surface area contributed by atoms with Gasteiger partial charge in [0.2, 0.25) is 0 Å². The molecule has 1 aromatic carbocycles. The van der Waals surface area contributed by atoms with Gasteiger partial charge in [0, 0.05) is 17.1 Å². The standard InChI is InChI=1S/C19H20N2O2S/c1-2-23-16-9-7-15(8-10-16)21(12-4-11-20)19(22)18-13-14-5-3-6-17(14)24-18/h7-10,13H,2-6,12H2,1H3. The molecule has 3 rings (SSSR count). The fourth-order valence-corrected chi connectivity index (χ4v) is 4.17. The summed E-state index contributed by atoms with van der Waals surface area (Å²) in [4.78, 5) is 16.8. The molecule has 0 radical (unpaired) electrons. The summed E-state index contributed by atoms with van der Waals surface area (Å²) in [5, 5.41) is 8.92. The van der Waals surface area contributed by atoms with Crippen molar-refractivity contribution >= 4 is 22.9 Å². The fourth-order valence-electron chi connectivity index (χ4n) is 2.97. The minimum atomic E-state index is -0.0196. The first-order valence-electron chi connectivity index (χ1n) is 8.26. The van der Waals surface area contributed by atoms with E-state index < -0.39 is 0 Å². The molecule has 0 bridgehead atoms. The topological polar surface area (TPSA) is 53.3 Å². The third kappa shape index (κ3) is 3.44. The van der Waals surface area contributed by atoms with Gasteiger partial charge in [-0.15, -0.1) is 11.3 Å². The second kappa shape index (κ2) is 7.50. The number of thiophene rings is 1. The molecule has 0 unspecified atom stereocenters. The van der Waals surface area contributed by atoms with Gasteiger partial charge in [-0.1, -0.05) is 0 Å². The zero-order valence-corrected chi connectivity index (χ0v) is 14.6. The summed E-state index contributed by atoms with van der Waals surface area (Å²) in [6.07, 6.45) is 3.64. The zero-order valence-electron chi connectivity index (χ0n) is 13.7. The first-order valence-corrected chi connectivity index (χ1v) is 9.08. The Hall–Kier alpha value is -2.32. The Morgan fingerprint density at radius 3 is 2.79 bits per heavy atom. The van der Waals surface area contributed by atoms with Gasteiger partial charge in [0.1, 0.15) is 5.75 Å². The lowest BCUT2D eigenvalue weighted by atomic mass is 10.2. The predicted molar refractivity (Wildman–Crippen MR) is 95.9 cm³/mol. The smallest absolute Gasteiger partial charge is 0.268 e. The molecule has 0 atom stereocenters. The number of hydrogen-bond acceptors (Lipinski definition) is 4. The van der Waals surface area contributed by atoms with E-state index in [1.54, 1.807) is 16.2 Å². The quantitative estimate of drug-likeness (QED) is 0.792. The summed E-state index contributed by atoms with van der Waals surface area (Å²) < 4.78 is 5.45. The molecule has 0 spiro atoms. The van der Waals surface area contributed by atoms with Crippen LogP contribution in [0.25, 0.3) is 0 Å². The Labute approximate surface area is 146 Å². The summed E-state index contributed by atoms with van der Waals surface area (Å²) in [6, 6.07) is 11.6. The minimum Gasteiger partial charge on any atom is -0.494 e. The second-order valence-electron chi connectivity index (χ2n) is 5.70. The molecule has 0 saturated heterocycles. The molecular formula is C19H20N2O2S. The van der Waals surface area contributed by atoms with E-state index in [0.717, 1.165) is 29.2 Å². The molecule has 5 heteroatoms. The van der Waals surface area contributed by atoms with Gasteiger partial charge in [-0.2, -0.15) is 5.26 Å². The number of hydrogen-bond donors (Lipinski definition) is 0. The average molecular weight is 340 g/mol. The number of anilines is 1. The summed E-state index contributed by atoms with van der Waals surface area (Å²) in [6.45, 7) is 2.94. The highest BCUT2D eigenvalue weighted by atomic mass is 32.1. The Balaban J connectivity index is 1.84. The number of carbonyl (C=O) groups excluding carboxylic acids is 1. The lowest BCUT2D eigenvalue weighted by molar-refractivity contribution is 0.0991. The van der Waals surface area contributed by atoms with Crippen LogP contribution in [-0.2, 0) is 12.8 Å². The van der Waals surface area contributed by atoms with Crippen LogP contribution in [0.3, 0.4) is 0 Å². The van der Waals surface area contributed by atoms with E-state index in [9.17, 15) is 4.79 Å². The van der Waals surface area contributed by atoms with E-state index in [4.69, 9.17) is 10.00 Å². The van der Waals surface area contributed by atoms with Crippen LogP contribution in [0.4, 0.5) is 5.69 Å². The molecule has 1 amide bonds. The molecule has 4 nitrogen and oxygen atoms in total. The molecule has 0 saturated carbocycles. The van der Waals surface area contributed by atoms with Crippen LogP contribution in [0.5, 0.6) is 5.75 Å². The van der Waals surface area contributed by atoms with E-state index in [1.165, 1.54) is 16.9 Å². The summed E-state index contributed by atoms with van der Waals surface area (Å²) in [5.41, 5.74) is 2.11. The number of fused-ring (bicyclic) bond motifs is 1. The van der Waals surface area contributed by atoms with Gasteiger partial charge in [0.15, 0.2) is 0 Å². The molecule has 0 N–H and O–H groups in total. The summed E-state index contributed by atoms with van der Waals surface area (Å²) in [7, 11) is 0. The normalized spacial score (nSPS) is 12.5. The minimum absolute atomic E-state index is 0.0196. The van der Waals surface area contributed by atoms with Gasteiger partial charge in [-0.25, -0.2) is 0 Å². The van der Waals surface area contributed by atoms with E-state index in [1.807, 2.05) is 37.3 Å². The highest BCUT2D eigenvalue weighted by molar-refractivity contribution is 7.14. The van der Waals surface area contributed by atoms with Crippen molar-refractivity contribution in [2.75, 3.05) is 18.1 Å². The van der Waals surface area contributed by atoms with Crippen molar-refractivity contribution < 1.29 is 9.53 Å². The summed E-state index contributed by atoms with van der Waals surface area (Å²) >= 11 is 1.60. The first-order chi connectivity index (χ1) is 11.7. The lowest BCUT2D eigenvalue weighted by Gasteiger charge is -2.21. The number of ether oxygens (including phenoxy) is 1. The van der Waals surface area contributed by atoms with E-state index >= 15 is 0 Å². The number of rotatable bonds is 6. The van der Waals surface area contributed by atoms with Crippen molar-refractivity contribution in [3.8, 4) is 11.8 Å². The maximum atomic E-state index is 13.0. The third-order valence-electron chi connectivity index (χ3n) is 4.11. The van der Waals surface area contributed by atoms with Gasteiger partial charge in [-0.3, -0.25) is 4.79 Å². The Kier molecular flexibility index (Phi) is 5.17. The van der Waals surface area contributed by atoms with Crippen LogP contribution in [0.15, 0.2) is 30.3 Å². The van der Waals surface area contributed by atoms with E-state index in [2.05, 4.69) is 6.07 Å². The molecule has 0 aliphatic heterocycles. The van der Waals surface area contributed by atoms with Crippen LogP contribution in [-0.4, -0.2) is 19.1 Å². The van der Waals surface area contributed by atoms with Crippen molar-refractivity contribution in [3.05, 3.63) is 45.6 Å². The largest absolute Gasteiger partial charge is 0.494 e. The van der Waals surface area contributed by atoms with Crippen molar-refractivity contribution in [3.63, 3.8) is 0 Å². The first kappa shape index (κ1) is 16.5. The van der Waals surface area contributed by atoms with E-state index in [-0.39, 0.29) is 5.91 Å². The molecule has 0 fully saturated rings. The molecule has 1 aliphatic rings. The van der Waals surface area contributed by atoms with Crippen LogP contribution in [0, 0.1) is 11.3 Å². The van der Waals surface area contributed by atoms with Gasteiger partial charge < -0.3 is 9.64 Å². The molecule has 24 heavy (non-hydrogen) atoms. The number of benzene rings is 1. The van der Waals surface area contributed by atoms with Crippen LogP contribution < -0.4 is 9.64 Å². The highest BCUT2D eigenvalue weighted by Gasteiger charge is 2.23. The Morgan fingerprint density at radius 2 is 2.12 bits per heavy atom. The number of aryl methyl sites for hydroxylation is 2.